The summed E-state index contributed by atoms with van der Waals surface area (Å²) in [5.74, 6) is -0.623. The van der Waals surface area contributed by atoms with Crippen LogP contribution < -0.4 is 26.4 Å². The van der Waals surface area contributed by atoms with Crippen LogP contribution in [0.25, 0.3) is 21.8 Å². The first-order chi connectivity index (χ1) is 30.2. The number of imidazole rings is 1. The topological polar surface area (TPSA) is 198 Å². The van der Waals surface area contributed by atoms with E-state index in [0.29, 0.717) is 23.5 Å². The lowest BCUT2D eigenvalue weighted by Crippen LogP contribution is -2.56. The van der Waals surface area contributed by atoms with Gasteiger partial charge in [-0.25, -0.2) is 4.79 Å². The molecule has 0 aliphatic carbocycles. The molecule has 0 saturated carbocycles. The van der Waals surface area contributed by atoms with E-state index in [1.165, 1.54) is 6.21 Å². The average Bonchev–Trinajstić information content (AvgIpc) is 3.98. The highest BCUT2D eigenvalue weighted by Gasteiger charge is 2.30. The number of carbonyl (C=O) groups excluding carboxylic acids is 3. The van der Waals surface area contributed by atoms with E-state index in [0.717, 1.165) is 49.4 Å². The third-order valence-electron chi connectivity index (χ3n) is 10.4. The molecule has 14 nitrogen and oxygen atoms in total. The van der Waals surface area contributed by atoms with E-state index in [1.807, 2.05) is 134 Å². The van der Waals surface area contributed by atoms with Crippen molar-refractivity contribution in [1.82, 2.24) is 35.6 Å². The molecule has 3 amide bonds. The number of ether oxygens (including phenoxy) is 1. The summed E-state index contributed by atoms with van der Waals surface area (Å²) in [5.41, 5.74) is 4.24. The van der Waals surface area contributed by atoms with Crippen LogP contribution in [0.1, 0.15) is 22.3 Å². The molecule has 312 valence electrons. The standard InChI is InChI=1S/C48H44N8O6/c57-44(24-32-14-11-17-37(23-32)62-36-15-5-2-6-16-36)53-42(25-33-27-49-40-20-9-7-18-38(33)40)47(60)54-43(26-34-28-50-41-21-10-8-19-39(34)41)46(59)52-35(22-31-12-3-1-4-13-31)29-51-56-30-45(58)55-48(56)61/h1-21,23,27-30,35,42-43,49-50,58H,22,24-26H2,(H,52,59)(H,53,57)(H,54,60)(H,55,61). The summed E-state index contributed by atoms with van der Waals surface area (Å²) in [5, 5.41) is 24.8. The highest BCUT2D eigenvalue weighted by molar-refractivity contribution is 5.95. The Morgan fingerprint density at radius 1 is 0.661 bits per heavy atom. The monoisotopic (exact) mass is 828 g/mol. The van der Waals surface area contributed by atoms with Crippen molar-refractivity contribution >= 4 is 45.7 Å². The Kier molecular flexibility index (Phi) is 12.4. The Morgan fingerprint density at radius 3 is 1.87 bits per heavy atom. The number of aromatic amines is 3. The number of amides is 3. The van der Waals surface area contributed by atoms with Gasteiger partial charge in [-0.2, -0.15) is 9.78 Å². The SMILES string of the molecule is O=C(Cc1cccc(Oc2ccccc2)c1)NC(Cc1c[nH]c2ccccc12)C(=O)NC(Cc1c[nH]c2ccccc12)C(=O)NC(C=Nn1cc(O)[nH]c1=O)Cc1ccccc1. The van der Waals surface area contributed by atoms with Gasteiger partial charge in [-0.05, 0) is 65.1 Å². The van der Waals surface area contributed by atoms with Gasteiger partial charge in [0.15, 0.2) is 0 Å². The molecule has 62 heavy (non-hydrogen) atoms. The molecular weight excluding hydrogens is 785 g/mol. The van der Waals surface area contributed by atoms with Crippen LogP contribution in [0.3, 0.4) is 0 Å². The van der Waals surface area contributed by atoms with E-state index in [2.05, 4.69) is 36.0 Å². The van der Waals surface area contributed by atoms with E-state index in [9.17, 15) is 24.3 Å². The lowest BCUT2D eigenvalue weighted by atomic mass is 10.0. The largest absolute Gasteiger partial charge is 0.493 e. The molecular formula is C48H44N8O6. The van der Waals surface area contributed by atoms with Crippen LogP contribution >= 0.6 is 0 Å². The average molecular weight is 829 g/mol. The van der Waals surface area contributed by atoms with Crippen molar-refractivity contribution in [2.24, 2.45) is 5.10 Å². The normalized spacial score (nSPS) is 12.8. The summed E-state index contributed by atoms with van der Waals surface area (Å²) in [4.78, 5) is 64.1. The number of fused-ring (bicyclic) bond motifs is 2. The molecule has 3 atom stereocenters. The molecule has 0 radical (unpaired) electrons. The number of benzene rings is 5. The maximum Gasteiger partial charge on any atom is 0.349 e. The summed E-state index contributed by atoms with van der Waals surface area (Å²) in [6.07, 6.45) is 6.65. The van der Waals surface area contributed by atoms with Gasteiger partial charge in [0.25, 0.3) is 0 Å². The highest BCUT2D eigenvalue weighted by atomic mass is 16.5. The summed E-state index contributed by atoms with van der Waals surface area (Å²) in [6, 6.07) is 38.4. The number of hydrogen-bond donors (Lipinski definition) is 7. The molecule has 3 heterocycles. The molecule has 8 aromatic rings. The van der Waals surface area contributed by atoms with E-state index in [1.54, 1.807) is 12.1 Å². The predicted molar refractivity (Wildman–Crippen MR) is 237 cm³/mol. The number of nitrogens with one attached hydrogen (secondary N) is 6. The maximum atomic E-state index is 14.6. The Labute approximate surface area is 355 Å². The Hall–Kier alpha value is -8.13. The van der Waals surface area contributed by atoms with Gasteiger partial charge in [0.2, 0.25) is 23.6 Å². The fourth-order valence-corrected chi connectivity index (χ4v) is 7.41. The van der Waals surface area contributed by atoms with Crippen molar-refractivity contribution in [2.75, 3.05) is 0 Å². The molecule has 5 aromatic carbocycles. The molecule has 0 aliphatic rings. The molecule has 7 N–H and O–H groups in total. The van der Waals surface area contributed by atoms with E-state index in [-0.39, 0.29) is 25.1 Å². The minimum Gasteiger partial charge on any atom is -0.493 e. The molecule has 8 rings (SSSR count). The highest BCUT2D eigenvalue weighted by Crippen LogP contribution is 2.24. The molecule has 0 saturated heterocycles. The fraction of sp³-hybridized carbons (Fsp3) is 0.146. The maximum absolute atomic E-state index is 14.6. The van der Waals surface area contributed by atoms with Gasteiger partial charge in [0.05, 0.1) is 18.7 Å². The molecule has 0 bridgehead atoms. The number of para-hydroxylation sites is 3. The second-order valence-corrected chi connectivity index (χ2v) is 14.9. The second-order valence-electron chi connectivity index (χ2n) is 14.9. The summed E-state index contributed by atoms with van der Waals surface area (Å²) < 4.78 is 6.92. The molecule has 14 heteroatoms. The third-order valence-corrected chi connectivity index (χ3v) is 10.4. The fourth-order valence-electron chi connectivity index (χ4n) is 7.41. The predicted octanol–water partition coefficient (Wildman–Crippen LogP) is 5.90. The van der Waals surface area contributed by atoms with Crippen LogP contribution in [-0.2, 0) is 40.1 Å². The van der Waals surface area contributed by atoms with Gasteiger partial charge in [-0.3, -0.25) is 19.4 Å². The van der Waals surface area contributed by atoms with Gasteiger partial charge in [0.1, 0.15) is 23.6 Å². The van der Waals surface area contributed by atoms with Crippen LogP contribution in [0.4, 0.5) is 0 Å². The van der Waals surface area contributed by atoms with E-state index < -0.39 is 41.5 Å². The molecule has 0 spiro atoms. The van der Waals surface area contributed by atoms with Gasteiger partial charge in [-0.1, -0.05) is 97.1 Å². The smallest absolute Gasteiger partial charge is 0.349 e. The van der Waals surface area contributed by atoms with Crippen molar-refractivity contribution in [3.05, 3.63) is 185 Å². The second kappa shape index (κ2) is 18.8. The minimum absolute atomic E-state index is 0.0363. The van der Waals surface area contributed by atoms with Gasteiger partial charge >= 0.3 is 5.69 Å². The van der Waals surface area contributed by atoms with Crippen molar-refractivity contribution < 1.29 is 24.2 Å². The third kappa shape index (κ3) is 10.2. The zero-order valence-corrected chi connectivity index (χ0v) is 33.5. The number of nitrogens with zero attached hydrogens (tertiary/aromatic N) is 2. The number of rotatable bonds is 17. The lowest BCUT2D eigenvalue weighted by Gasteiger charge is -2.25. The van der Waals surface area contributed by atoms with Crippen LogP contribution in [0.15, 0.2) is 162 Å². The Morgan fingerprint density at radius 2 is 1.23 bits per heavy atom. The van der Waals surface area contributed by atoms with E-state index in [4.69, 9.17) is 4.74 Å². The molecule has 0 fully saturated rings. The zero-order valence-electron chi connectivity index (χ0n) is 33.5. The van der Waals surface area contributed by atoms with Crippen molar-refractivity contribution in [2.45, 2.75) is 43.8 Å². The van der Waals surface area contributed by atoms with E-state index >= 15 is 0 Å². The summed E-state index contributed by atoms with van der Waals surface area (Å²) >= 11 is 0. The van der Waals surface area contributed by atoms with Crippen LogP contribution in [0.5, 0.6) is 17.4 Å². The Balaban J connectivity index is 1.07. The number of aromatic hydroxyl groups is 1. The van der Waals surface area contributed by atoms with Crippen LogP contribution in [-0.4, -0.2) is 66.8 Å². The van der Waals surface area contributed by atoms with Crippen molar-refractivity contribution in [1.29, 1.82) is 0 Å². The van der Waals surface area contributed by atoms with Crippen LogP contribution in [0.2, 0.25) is 0 Å². The first-order valence-electron chi connectivity index (χ1n) is 20.1. The quantitative estimate of drug-likeness (QED) is 0.0558. The number of carbonyl (C=O) groups is 3. The molecule has 3 aromatic heterocycles. The lowest BCUT2D eigenvalue weighted by molar-refractivity contribution is -0.132. The molecule has 3 unspecified atom stereocenters. The summed E-state index contributed by atoms with van der Waals surface area (Å²) in [7, 11) is 0. The van der Waals surface area contributed by atoms with Crippen molar-refractivity contribution in [3.8, 4) is 17.4 Å². The van der Waals surface area contributed by atoms with Crippen molar-refractivity contribution in [3.63, 3.8) is 0 Å². The number of aromatic nitrogens is 4. The van der Waals surface area contributed by atoms with Gasteiger partial charge < -0.3 is 35.8 Å². The Bertz CT molecular complexity index is 2900. The number of H-pyrrole nitrogens is 3. The first-order valence-corrected chi connectivity index (χ1v) is 20.1. The van der Waals surface area contributed by atoms with Gasteiger partial charge in [0, 0.05) is 53.3 Å². The van der Waals surface area contributed by atoms with Crippen LogP contribution in [0, 0.1) is 0 Å². The first kappa shape index (κ1) is 40.6. The molecule has 0 aliphatic heterocycles. The number of hydrogen-bond acceptors (Lipinski definition) is 7. The van der Waals surface area contributed by atoms with Gasteiger partial charge in [-0.15, -0.1) is 0 Å². The zero-order chi connectivity index (χ0) is 42.8. The minimum atomic E-state index is -1.12. The summed E-state index contributed by atoms with van der Waals surface area (Å²) in [6.45, 7) is 0.